The van der Waals surface area contributed by atoms with Crippen LogP contribution in [0, 0.1) is 10.1 Å². The van der Waals surface area contributed by atoms with E-state index in [9.17, 15) is 23.3 Å². The molecular weight excluding hydrogens is 474 g/mol. The van der Waals surface area contributed by atoms with Crippen LogP contribution >= 0.6 is 0 Å². The maximum absolute atomic E-state index is 12.9. The molecule has 0 saturated carbocycles. The van der Waals surface area contributed by atoms with Crippen molar-refractivity contribution in [2.45, 2.75) is 4.90 Å². The zero-order valence-corrected chi connectivity index (χ0v) is 19.2. The molecule has 11 heteroatoms. The first-order valence-corrected chi connectivity index (χ1v) is 11.5. The van der Waals surface area contributed by atoms with Gasteiger partial charge in [-0.15, -0.1) is 0 Å². The maximum atomic E-state index is 12.9. The topological polar surface area (TPSA) is 134 Å². The van der Waals surface area contributed by atoms with Gasteiger partial charge in [-0.2, -0.15) is 8.42 Å². The van der Waals surface area contributed by atoms with Crippen LogP contribution in [-0.4, -0.2) is 30.2 Å². The Kier molecular flexibility index (Phi) is 6.26. The number of hydrogen-bond acceptors (Lipinski definition) is 7. The van der Waals surface area contributed by atoms with Gasteiger partial charge in [0.1, 0.15) is 0 Å². The maximum Gasteiger partial charge on any atom is 0.346 e. The van der Waals surface area contributed by atoms with Crippen molar-refractivity contribution in [1.29, 1.82) is 0 Å². The lowest BCUT2D eigenvalue weighted by Crippen LogP contribution is -2.33. The number of aromatic amines is 1. The summed E-state index contributed by atoms with van der Waals surface area (Å²) < 4.78 is 37.3. The third kappa shape index (κ3) is 4.70. The van der Waals surface area contributed by atoms with Crippen molar-refractivity contribution in [3.8, 4) is 17.2 Å². The highest BCUT2D eigenvalue weighted by Gasteiger charge is 2.28. The molecule has 0 saturated heterocycles. The van der Waals surface area contributed by atoms with Gasteiger partial charge in [0, 0.05) is 6.07 Å². The van der Waals surface area contributed by atoms with Crippen LogP contribution in [0.3, 0.4) is 0 Å². The van der Waals surface area contributed by atoms with Gasteiger partial charge < -0.3 is 8.92 Å². The quantitative estimate of drug-likeness (QED) is 0.237. The van der Waals surface area contributed by atoms with E-state index >= 15 is 0 Å². The number of nitrogens with zero attached hydrogens (tertiary/aromatic N) is 2. The van der Waals surface area contributed by atoms with E-state index < -0.39 is 25.6 Å². The Balaban J connectivity index is 1.73. The van der Waals surface area contributed by atoms with Gasteiger partial charge in [-0.1, -0.05) is 43.0 Å². The Labute approximate surface area is 199 Å². The Hall–Kier alpha value is -4.64. The van der Waals surface area contributed by atoms with Gasteiger partial charge in [-0.3, -0.25) is 20.0 Å². The van der Waals surface area contributed by atoms with Crippen LogP contribution in [0.1, 0.15) is 5.56 Å². The number of rotatable bonds is 7. The average molecular weight is 493 g/mol. The SMILES string of the molecule is C=c1[nH]n(-c2ccccc2)c(=O)/c1=C\c1ccc(OS(=O)(=O)c2ccccc2[N+](=O)[O-])c(OC)c1. The van der Waals surface area contributed by atoms with E-state index in [1.54, 1.807) is 30.3 Å². The van der Waals surface area contributed by atoms with Crippen LogP contribution in [0.4, 0.5) is 5.69 Å². The Morgan fingerprint density at radius 2 is 1.71 bits per heavy atom. The zero-order valence-electron chi connectivity index (χ0n) is 18.4. The first-order chi connectivity index (χ1) is 16.7. The van der Waals surface area contributed by atoms with Gasteiger partial charge in [0.15, 0.2) is 16.4 Å². The molecule has 0 amide bonds. The predicted molar refractivity (Wildman–Crippen MR) is 129 cm³/mol. The van der Waals surface area contributed by atoms with Crippen LogP contribution in [0.2, 0.25) is 0 Å². The molecule has 10 nitrogen and oxygen atoms in total. The fourth-order valence-corrected chi connectivity index (χ4v) is 4.50. The molecule has 0 fully saturated rings. The molecule has 0 atom stereocenters. The minimum atomic E-state index is -4.53. The molecule has 4 rings (SSSR count). The third-order valence-electron chi connectivity index (χ3n) is 5.05. The molecule has 0 bridgehead atoms. The smallest absolute Gasteiger partial charge is 0.346 e. The van der Waals surface area contributed by atoms with E-state index in [4.69, 9.17) is 8.92 Å². The largest absolute Gasteiger partial charge is 0.493 e. The van der Waals surface area contributed by atoms with E-state index in [0.717, 1.165) is 12.1 Å². The van der Waals surface area contributed by atoms with E-state index in [0.29, 0.717) is 21.8 Å². The van der Waals surface area contributed by atoms with Crippen molar-refractivity contribution in [1.82, 2.24) is 9.78 Å². The van der Waals surface area contributed by atoms with Crippen molar-refractivity contribution in [2.75, 3.05) is 7.11 Å². The molecule has 0 aliphatic heterocycles. The van der Waals surface area contributed by atoms with Crippen LogP contribution in [0.25, 0.3) is 18.3 Å². The summed E-state index contributed by atoms with van der Waals surface area (Å²) in [5, 5.41) is 14.8. The van der Waals surface area contributed by atoms with Gasteiger partial charge in [0.25, 0.3) is 11.2 Å². The second-order valence-corrected chi connectivity index (χ2v) is 8.81. The minimum absolute atomic E-state index is 0.0467. The zero-order chi connectivity index (χ0) is 25.2. The molecule has 0 radical (unpaired) electrons. The molecule has 4 aromatic rings. The molecule has 0 unspecified atom stereocenters. The summed E-state index contributed by atoms with van der Waals surface area (Å²) in [5.74, 6) is -0.126. The third-order valence-corrected chi connectivity index (χ3v) is 6.33. The highest BCUT2D eigenvalue weighted by Crippen LogP contribution is 2.33. The number of H-pyrrole nitrogens is 1. The van der Waals surface area contributed by atoms with E-state index in [1.165, 1.54) is 42.1 Å². The number of nitro benzene ring substituents is 1. The summed E-state index contributed by atoms with van der Waals surface area (Å²) in [6.45, 7) is 3.89. The first kappa shape index (κ1) is 23.5. The number of hydrogen-bond donors (Lipinski definition) is 1. The lowest BCUT2D eigenvalue weighted by Gasteiger charge is -2.11. The summed E-state index contributed by atoms with van der Waals surface area (Å²) in [4.78, 5) is 22.8. The molecule has 3 aromatic carbocycles. The van der Waals surface area contributed by atoms with Crippen molar-refractivity contribution >= 4 is 28.5 Å². The second kappa shape index (κ2) is 9.31. The average Bonchev–Trinajstić information content (AvgIpc) is 3.13. The lowest BCUT2D eigenvalue weighted by atomic mass is 10.1. The van der Waals surface area contributed by atoms with E-state index in [2.05, 4.69) is 11.7 Å². The van der Waals surface area contributed by atoms with Crippen LogP contribution in [0.15, 0.2) is 82.5 Å². The molecule has 0 aliphatic rings. The minimum Gasteiger partial charge on any atom is -0.493 e. The van der Waals surface area contributed by atoms with Crippen LogP contribution in [-0.2, 0) is 10.1 Å². The summed E-state index contributed by atoms with van der Waals surface area (Å²) in [6.07, 6.45) is 1.57. The normalized spacial score (nSPS) is 11.9. The fraction of sp³-hybridized carbons (Fsp3) is 0.0417. The van der Waals surface area contributed by atoms with E-state index in [-0.39, 0.29) is 17.1 Å². The number of methoxy groups -OCH3 is 1. The summed E-state index contributed by atoms with van der Waals surface area (Å²) in [7, 11) is -3.22. The molecule has 1 aromatic heterocycles. The van der Waals surface area contributed by atoms with Gasteiger partial charge >= 0.3 is 10.1 Å². The molecule has 178 valence electrons. The lowest BCUT2D eigenvalue weighted by molar-refractivity contribution is -0.387. The number of benzene rings is 3. The highest BCUT2D eigenvalue weighted by atomic mass is 32.2. The predicted octanol–water partition coefficient (Wildman–Crippen LogP) is 2.09. The van der Waals surface area contributed by atoms with Crippen molar-refractivity contribution < 1.29 is 22.3 Å². The molecule has 1 N–H and O–H groups in total. The van der Waals surface area contributed by atoms with Crippen LogP contribution < -0.4 is 25.0 Å². The number of para-hydroxylation sites is 2. The van der Waals surface area contributed by atoms with Gasteiger partial charge in [-0.25, -0.2) is 4.68 Å². The van der Waals surface area contributed by atoms with E-state index in [1.807, 2.05) is 6.07 Å². The monoisotopic (exact) mass is 493 g/mol. The fourth-order valence-electron chi connectivity index (χ4n) is 3.40. The van der Waals surface area contributed by atoms with Crippen molar-refractivity contribution in [3.63, 3.8) is 0 Å². The Bertz CT molecular complexity index is 1690. The number of nitrogens with one attached hydrogen (secondary N) is 1. The van der Waals surface area contributed by atoms with Crippen molar-refractivity contribution in [3.05, 3.63) is 109 Å². The Morgan fingerprint density at radius 3 is 2.40 bits per heavy atom. The molecule has 0 spiro atoms. The molecule has 35 heavy (non-hydrogen) atoms. The second-order valence-electron chi connectivity index (χ2n) is 7.30. The number of aromatic nitrogens is 2. The van der Waals surface area contributed by atoms with Crippen LogP contribution in [0.5, 0.6) is 11.5 Å². The molecular formula is C24H19N3O7S. The van der Waals surface area contributed by atoms with Gasteiger partial charge in [0.05, 0.1) is 28.3 Å². The van der Waals surface area contributed by atoms with Gasteiger partial charge in [0.2, 0.25) is 0 Å². The summed E-state index contributed by atoms with van der Waals surface area (Å²) in [6, 6.07) is 18.2. The molecule has 0 aliphatic carbocycles. The first-order valence-electron chi connectivity index (χ1n) is 10.1. The number of nitro groups is 1. The molecule has 1 heterocycles. The number of ether oxygens (including phenoxy) is 1. The highest BCUT2D eigenvalue weighted by molar-refractivity contribution is 7.87. The summed E-state index contributed by atoms with van der Waals surface area (Å²) >= 11 is 0. The summed E-state index contributed by atoms with van der Waals surface area (Å²) in [5.41, 5.74) is 0.225. The van der Waals surface area contributed by atoms with Crippen molar-refractivity contribution in [2.24, 2.45) is 0 Å². The van der Waals surface area contributed by atoms with Gasteiger partial charge in [-0.05, 0) is 42.0 Å². The Morgan fingerprint density at radius 1 is 1.03 bits per heavy atom. The standard InChI is InChI=1S/C24H19N3O7S/c1-16-19(24(28)26(25-16)18-8-4-3-5-9-18)14-17-12-13-21(22(15-17)33-2)34-35(31,32)23-11-7-6-10-20(23)27(29)30/h3-15,25H,1H2,2H3/b19-14-.